The Balaban J connectivity index is 1.51. The van der Waals surface area contributed by atoms with Crippen LogP contribution in [0.25, 0.3) is 11.5 Å². The highest BCUT2D eigenvalue weighted by molar-refractivity contribution is 5.76. The molecule has 0 fully saturated rings. The molecule has 132 valence electrons. The first-order chi connectivity index (χ1) is 12.7. The van der Waals surface area contributed by atoms with Crippen LogP contribution in [-0.2, 0) is 17.8 Å². The molecule has 7 nitrogen and oxygen atoms in total. The van der Waals surface area contributed by atoms with E-state index in [0.29, 0.717) is 5.82 Å². The van der Waals surface area contributed by atoms with Gasteiger partial charge in [0.05, 0.1) is 11.7 Å². The van der Waals surface area contributed by atoms with E-state index in [1.807, 2.05) is 43.6 Å². The second-order valence-corrected chi connectivity index (χ2v) is 6.48. The number of hydrogen-bond acceptors (Lipinski definition) is 5. The molecule has 4 rings (SSSR count). The first-order valence-electron chi connectivity index (χ1n) is 8.76. The number of aryl methyl sites for hydroxylation is 2. The summed E-state index contributed by atoms with van der Waals surface area (Å²) in [4.78, 5) is 25.8. The number of hydrogen-bond donors (Lipinski definition) is 1. The number of carbonyl (C=O) groups is 1. The SMILES string of the molecule is Cc1ccn(CC(=O)N[C@@H]2CCCc3nc(-c4ccccn4)ncc32)n1. The molecule has 3 aromatic heterocycles. The molecule has 0 saturated carbocycles. The molecule has 0 radical (unpaired) electrons. The van der Waals surface area contributed by atoms with Gasteiger partial charge in [-0.3, -0.25) is 14.5 Å². The Morgan fingerprint density at radius 3 is 3.00 bits per heavy atom. The van der Waals surface area contributed by atoms with Crippen molar-refractivity contribution in [1.82, 2.24) is 30.0 Å². The summed E-state index contributed by atoms with van der Waals surface area (Å²) in [5, 5.41) is 7.35. The highest BCUT2D eigenvalue weighted by atomic mass is 16.2. The predicted octanol–water partition coefficient (Wildman–Crippen LogP) is 2.24. The molecule has 3 aromatic rings. The van der Waals surface area contributed by atoms with Gasteiger partial charge >= 0.3 is 0 Å². The highest BCUT2D eigenvalue weighted by Crippen LogP contribution is 2.29. The van der Waals surface area contributed by atoms with Gasteiger partial charge in [0.2, 0.25) is 5.91 Å². The zero-order valence-corrected chi connectivity index (χ0v) is 14.6. The molecule has 26 heavy (non-hydrogen) atoms. The van der Waals surface area contributed by atoms with Crippen LogP contribution in [0, 0.1) is 6.92 Å². The number of amides is 1. The number of rotatable bonds is 4. The van der Waals surface area contributed by atoms with E-state index >= 15 is 0 Å². The topological polar surface area (TPSA) is 85.6 Å². The van der Waals surface area contributed by atoms with Crippen molar-refractivity contribution in [2.45, 2.75) is 38.8 Å². The van der Waals surface area contributed by atoms with Gasteiger partial charge < -0.3 is 5.32 Å². The van der Waals surface area contributed by atoms with Gasteiger partial charge in [0.25, 0.3) is 0 Å². The van der Waals surface area contributed by atoms with Crippen molar-refractivity contribution >= 4 is 5.91 Å². The Labute approximate surface area is 151 Å². The lowest BCUT2D eigenvalue weighted by atomic mass is 9.92. The molecule has 0 spiro atoms. The van der Waals surface area contributed by atoms with Gasteiger partial charge in [0, 0.05) is 29.8 Å². The molecule has 3 heterocycles. The van der Waals surface area contributed by atoms with Crippen LogP contribution in [0.3, 0.4) is 0 Å². The van der Waals surface area contributed by atoms with Crippen LogP contribution in [0.5, 0.6) is 0 Å². The normalized spacial score (nSPS) is 16.1. The van der Waals surface area contributed by atoms with E-state index in [4.69, 9.17) is 0 Å². The molecule has 7 heteroatoms. The second kappa shape index (κ2) is 7.03. The molecule has 1 aliphatic rings. The second-order valence-electron chi connectivity index (χ2n) is 6.48. The van der Waals surface area contributed by atoms with E-state index in [-0.39, 0.29) is 18.5 Å². The number of aromatic nitrogens is 5. The zero-order valence-electron chi connectivity index (χ0n) is 14.6. The number of pyridine rings is 1. The van der Waals surface area contributed by atoms with Crippen LogP contribution >= 0.6 is 0 Å². The molecule has 1 N–H and O–H groups in total. The minimum Gasteiger partial charge on any atom is -0.348 e. The fraction of sp³-hybridized carbons (Fsp3) is 0.316. The fourth-order valence-electron chi connectivity index (χ4n) is 3.25. The molecule has 1 atom stereocenters. The molecule has 1 amide bonds. The minimum absolute atomic E-state index is 0.0549. The molecule has 1 aliphatic carbocycles. The summed E-state index contributed by atoms with van der Waals surface area (Å²) in [6.45, 7) is 2.12. The first-order valence-corrected chi connectivity index (χ1v) is 8.76. The number of nitrogens with one attached hydrogen (secondary N) is 1. The Morgan fingerprint density at radius 1 is 1.31 bits per heavy atom. The van der Waals surface area contributed by atoms with Crippen molar-refractivity contribution in [3.05, 3.63) is 59.8 Å². The lowest BCUT2D eigenvalue weighted by Crippen LogP contribution is -2.34. The molecule has 0 aliphatic heterocycles. The summed E-state index contributed by atoms with van der Waals surface area (Å²) in [7, 11) is 0. The smallest absolute Gasteiger partial charge is 0.242 e. The van der Waals surface area contributed by atoms with E-state index in [0.717, 1.165) is 41.9 Å². The Kier molecular flexibility index (Phi) is 4.43. The Hall–Kier alpha value is -3.09. The summed E-state index contributed by atoms with van der Waals surface area (Å²) < 4.78 is 1.65. The van der Waals surface area contributed by atoms with Crippen molar-refractivity contribution < 1.29 is 4.79 Å². The van der Waals surface area contributed by atoms with Crippen LogP contribution in [0.4, 0.5) is 0 Å². The fourth-order valence-corrected chi connectivity index (χ4v) is 3.25. The Bertz CT molecular complexity index is 921. The molecule has 0 aromatic carbocycles. The lowest BCUT2D eigenvalue weighted by molar-refractivity contribution is -0.122. The minimum atomic E-state index is -0.0558. The van der Waals surface area contributed by atoms with Crippen LogP contribution in [0.15, 0.2) is 42.9 Å². The number of carbonyl (C=O) groups excluding carboxylic acids is 1. The number of fused-ring (bicyclic) bond motifs is 1. The van der Waals surface area contributed by atoms with Crippen molar-refractivity contribution in [1.29, 1.82) is 0 Å². The molecule has 0 saturated heterocycles. The van der Waals surface area contributed by atoms with Gasteiger partial charge in [0.1, 0.15) is 12.2 Å². The van der Waals surface area contributed by atoms with Crippen molar-refractivity contribution in [2.75, 3.05) is 0 Å². The van der Waals surface area contributed by atoms with Crippen LogP contribution in [-0.4, -0.2) is 30.6 Å². The van der Waals surface area contributed by atoms with Crippen LogP contribution in [0.2, 0.25) is 0 Å². The third-order valence-corrected chi connectivity index (χ3v) is 4.49. The van der Waals surface area contributed by atoms with Crippen molar-refractivity contribution in [3.63, 3.8) is 0 Å². The summed E-state index contributed by atoms with van der Waals surface area (Å²) in [6, 6.07) is 7.52. The van der Waals surface area contributed by atoms with Gasteiger partial charge in [-0.05, 0) is 44.4 Å². The van der Waals surface area contributed by atoms with E-state index in [9.17, 15) is 4.79 Å². The molecule has 0 bridgehead atoms. The number of nitrogens with zero attached hydrogens (tertiary/aromatic N) is 5. The van der Waals surface area contributed by atoms with Gasteiger partial charge in [-0.2, -0.15) is 5.10 Å². The van der Waals surface area contributed by atoms with Crippen molar-refractivity contribution in [2.24, 2.45) is 0 Å². The largest absolute Gasteiger partial charge is 0.348 e. The maximum absolute atomic E-state index is 12.4. The average molecular weight is 348 g/mol. The first kappa shape index (κ1) is 16.4. The van der Waals surface area contributed by atoms with Gasteiger partial charge in [-0.1, -0.05) is 6.07 Å². The van der Waals surface area contributed by atoms with E-state index in [1.165, 1.54) is 0 Å². The Morgan fingerprint density at radius 2 is 2.23 bits per heavy atom. The molecular weight excluding hydrogens is 328 g/mol. The highest BCUT2D eigenvalue weighted by Gasteiger charge is 2.24. The third kappa shape index (κ3) is 3.46. The maximum atomic E-state index is 12.4. The summed E-state index contributed by atoms with van der Waals surface area (Å²) >= 11 is 0. The molecule has 0 unspecified atom stereocenters. The van der Waals surface area contributed by atoms with Crippen LogP contribution in [0.1, 0.15) is 35.8 Å². The lowest BCUT2D eigenvalue weighted by Gasteiger charge is -2.25. The summed E-state index contributed by atoms with van der Waals surface area (Å²) in [5.41, 5.74) is 3.65. The van der Waals surface area contributed by atoms with Gasteiger partial charge in [0.15, 0.2) is 5.82 Å². The third-order valence-electron chi connectivity index (χ3n) is 4.49. The van der Waals surface area contributed by atoms with Crippen LogP contribution < -0.4 is 5.32 Å². The monoisotopic (exact) mass is 348 g/mol. The summed E-state index contributed by atoms with van der Waals surface area (Å²) in [6.07, 6.45) is 8.14. The summed E-state index contributed by atoms with van der Waals surface area (Å²) in [5.74, 6) is 0.572. The van der Waals surface area contributed by atoms with E-state index < -0.39 is 0 Å². The van der Waals surface area contributed by atoms with Gasteiger partial charge in [-0.15, -0.1) is 0 Å². The van der Waals surface area contributed by atoms with E-state index in [2.05, 4.69) is 25.4 Å². The van der Waals surface area contributed by atoms with E-state index in [1.54, 1.807) is 10.9 Å². The van der Waals surface area contributed by atoms with Gasteiger partial charge in [-0.25, -0.2) is 9.97 Å². The standard InChI is InChI=1S/C19H20N6O/c1-13-8-10-25(24-13)12-18(26)22-15-6-4-7-16-14(15)11-21-19(23-16)17-5-2-3-9-20-17/h2-3,5,8-11,15H,4,6-7,12H2,1H3,(H,22,26)/t15-/m1/s1. The molecular formula is C19H20N6O. The van der Waals surface area contributed by atoms with Crippen molar-refractivity contribution in [3.8, 4) is 11.5 Å². The average Bonchev–Trinajstić information content (AvgIpc) is 3.07. The quantitative estimate of drug-likeness (QED) is 0.781. The zero-order chi connectivity index (χ0) is 17.9. The maximum Gasteiger partial charge on any atom is 0.242 e. The predicted molar refractivity (Wildman–Crippen MR) is 96.0 cm³/mol.